The maximum absolute atomic E-state index is 6.07. The molecule has 3 aromatic carbocycles. The van der Waals surface area contributed by atoms with Crippen LogP contribution in [-0.4, -0.2) is 6.16 Å². The van der Waals surface area contributed by atoms with Gasteiger partial charge in [0.1, 0.15) is 0 Å². The molecule has 0 aromatic heterocycles. The lowest BCUT2D eigenvalue weighted by atomic mass is 9.67. The minimum Gasteiger partial charge on any atom is -0.0781 e. The van der Waals surface area contributed by atoms with E-state index in [1.54, 1.807) is 0 Å². The molecule has 0 saturated heterocycles. The van der Waals surface area contributed by atoms with E-state index in [0.717, 1.165) is 19.0 Å². The molecule has 0 amide bonds. The van der Waals surface area contributed by atoms with E-state index in [4.69, 9.17) is 22.5 Å². The minimum atomic E-state index is -0.916. The van der Waals surface area contributed by atoms with Crippen molar-refractivity contribution in [3.63, 3.8) is 0 Å². The fourth-order valence-corrected chi connectivity index (χ4v) is 4.68. The Bertz CT molecular complexity index is 661. The highest BCUT2D eigenvalue weighted by atomic mass is 35.9. The molecule has 3 heteroatoms. The number of halogens is 2. The van der Waals surface area contributed by atoms with Gasteiger partial charge in [0, 0.05) is 5.41 Å². The molecule has 3 rings (SSSR count). The summed E-state index contributed by atoms with van der Waals surface area (Å²) in [7, 11) is 0. The summed E-state index contributed by atoms with van der Waals surface area (Å²) in [6, 6.07) is 32.3. The summed E-state index contributed by atoms with van der Waals surface area (Å²) in [6.45, 7) is -0.916. The van der Waals surface area contributed by atoms with Crippen molar-refractivity contribution in [3.8, 4) is 0 Å². The molecule has 0 fully saturated rings. The second kappa shape index (κ2) is 8.86. The average molecular weight is 387 g/mol. The Morgan fingerprint density at radius 1 is 0.600 bits per heavy atom. The van der Waals surface area contributed by atoms with Crippen LogP contribution in [0.2, 0.25) is 0 Å². The van der Waals surface area contributed by atoms with Crippen LogP contribution in [0.4, 0.5) is 0 Å². The van der Waals surface area contributed by atoms with Crippen molar-refractivity contribution in [2.24, 2.45) is 0 Å². The summed E-state index contributed by atoms with van der Waals surface area (Å²) in [4.78, 5) is 0. The molecule has 0 spiro atoms. The Morgan fingerprint density at radius 3 is 1.28 bits per heavy atom. The summed E-state index contributed by atoms with van der Waals surface area (Å²) in [5.74, 6) is 0. The summed E-state index contributed by atoms with van der Waals surface area (Å²) in [5.41, 5.74) is 3.73. The Labute approximate surface area is 161 Å². The van der Waals surface area contributed by atoms with Crippen LogP contribution in [0.1, 0.15) is 29.5 Å². The van der Waals surface area contributed by atoms with Gasteiger partial charge in [0.15, 0.2) is 0 Å². The lowest BCUT2D eigenvalue weighted by Crippen LogP contribution is -2.29. The highest BCUT2D eigenvalue weighted by molar-refractivity contribution is 8.03. The molecule has 0 N–H and O–H groups in total. The first-order chi connectivity index (χ1) is 12.2. The molecule has 0 unspecified atom stereocenters. The molecule has 128 valence electrons. The van der Waals surface area contributed by atoms with Gasteiger partial charge in [-0.3, -0.25) is 0 Å². The van der Waals surface area contributed by atoms with Crippen molar-refractivity contribution in [2.75, 3.05) is 6.16 Å². The number of benzene rings is 3. The van der Waals surface area contributed by atoms with Crippen molar-refractivity contribution < 1.29 is 0 Å². The second-order valence-corrected chi connectivity index (χ2v) is 10.2. The third-order valence-electron chi connectivity index (χ3n) is 4.68. The summed E-state index contributed by atoms with van der Waals surface area (Å²) < 4.78 is 0. The fourth-order valence-electron chi connectivity index (χ4n) is 3.56. The predicted molar refractivity (Wildman–Crippen MR) is 112 cm³/mol. The summed E-state index contributed by atoms with van der Waals surface area (Å²) in [5, 5.41) is 0. The zero-order valence-electron chi connectivity index (χ0n) is 14.0. The van der Waals surface area contributed by atoms with Crippen LogP contribution in [0.5, 0.6) is 0 Å². The molecular weight excluding hydrogens is 366 g/mol. The quantitative estimate of drug-likeness (QED) is 0.289. The maximum atomic E-state index is 6.07. The normalized spacial score (nSPS) is 11.6. The molecular formula is C22H21Cl2P. The highest BCUT2D eigenvalue weighted by Gasteiger charge is 2.35. The molecule has 0 aliphatic carbocycles. The predicted octanol–water partition coefficient (Wildman–Crippen LogP) is 7.59. The first-order valence-electron chi connectivity index (χ1n) is 8.49. The smallest absolute Gasteiger partial charge is 0.0781 e. The molecule has 0 saturated carbocycles. The Morgan fingerprint density at radius 2 is 0.960 bits per heavy atom. The van der Waals surface area contributed by atoms with Gasteiger partial charge in [-0.15, -0.1) is 0 Å². The van der Waals surface area contributed by atoms with Gasteiger partial charge in [0.2, 0.25) is 0 Å². The van der Waals surface area contributed by atoms with Crippen LogP contribution in [0.3, 0.4) is 0 Å². The van der Waals surface area contributed by atoms with Crippen molar-refractivity contribution in [1.29, 1.82) is 0 Å². The van der Waals surface area contributed by atoms with Crippen molar-refractivity contribution >= 4 is 29.1 Å². The van der Waals surface area contributed by atoms with Gasteiger partial charge in [-0.25, -0.2) is 0 Å². The van der Waals surface area contributed by atoms with Crippen LogP contribution < -0.4 is 0 Å². The fraction of sp³-hybridized carbons (Fsp3) is 0.182. The molecule has 0 radical (unpaired) electrons. The van der Waals surface area contributed by atoms with E-state index in [2.05, 4.69) is 91.0 Å². The van der Waals surface area contributed by atoms with Crippen molar-refractivity contribution in [2.45, 2.75) is 18.3 Å². The zero-order valence-corrected chi connectivity index (χ0v) is 16.4. The Hall–Kier alpha value is -1.33. The van der Waals surface area contributed by atoms with Crippen molar-refractivity contribution in [1.82, 2.24) is 0 Å². The van der Waals surface area contributed by atoms with E-state index in [-0.39, 0.29) is 5.41 Å². The summed E-state index contributed by atoms with van der Waals surface area (Å²) >= 11 is 12.1. The van der Waals surface area contributed by atoms with Gasteiger partial charge >= 0.3 is 0 Å². The van der Waals surface area contributed by atoms with E-state index in [9.17, 15) is 0 Å². The molecule has 3 aromatic rings. The number of hydrogen-bond donors (Lipinski definition) is 0. The van der Waals surface area contributed by atoms with E-state index in [1.807, 2.05) is 0 Å². The largest absolute Gasteiger partial charge is 0.0854 e. The van der Waals surface area contributed by atoms with Crippen LogP contribution in [0.15, 0.2) is 91.0 Å². The number of hydrogen-bond acceptors (Lipinski definition) is 0. The molecule has 0 heterocycles. The Balaban J connectivity index is 2.16. The average Bonchev–Trinajstić information content (AvgIpc) is 2.67. The zero-order chi connectivity index (χ0) is 17.5. The molecule has 0 aliphatic rings. The topological polar surface area (TPSA) is 0 Å². The van der Waals surface area contributed by atoms with Crippen LogP contribution in [-0.2, 0) is 5.41 Å². The van der Waals surface area contributed by atoms with E-state index in [0.29, 0.717) is 0 Å². The van der Waals surface area contributed by atoms with Gasteiger partial charge in [0.25, 0.3) is 0 Å². The second-order valence-electron chi connectivity index (χ2n) is 6.13. The van der Waals surface area contributed by atoms with Gasteiger partial charge in [-0.05, 0) is 35.7 Å². The third kappa shape index (κ3) is 4.26. The van der Waals surface area contributed by atoms with Gasteiger partial charge in [0.05, 0.1) is 6.63 Å². The highest BCUT2D eigenvalue weighted by Crippen LogP contribution is 2.49. The third-order valence-corrected chi connectivity index (χ3v) is 6.35. The first-order valence-corrected chi connectivity index (χ1v) is 11.8. The van der Waals surface area contributed by atoms with Crippen molar-refractivity contribution in [3.05, 3.63) is 108 Å². The maximum Gasteiger partial charge on any atom is 0.0854 e. The standard InChI is InChI=1S/C22H21Cl2P/c23-25(24)18-10-17-22(19-11-4-1-5-12-19,20-13-6-2-7-14-20)21-15-8-3-9-16-21/h1-9,11-16H,10,17-18H2. The molecule has 25 heavy (non-hydrogen) atoms. The Kier molecular flexibility index (Phi) is 6.54. The number of rotatable bonds is 7. The van der Waals surface area contributed by atoms with Gasteiger partial charge in [-0.1, -0.05) is 113 Å². The molecule has 0 bridgehead atoms. The van der Waals surface area contributed by atoms with Gasteiger partial charge < -0.3 is 0 Å². The molecule has 0 atom stereocenters. The lowest BCUT2D eigenvalue weighted by molar-refractivity contribution is 0.552. The first kappa shape index (κ1) is 18.5. The molecule has 0 nitrogen and oxygen atoms in total. The van der Waals surface area contributed by atoms with Crippen LogP contribution >= 0.6 is 29.1 Å². The minimum absolute atomic E-state index is 0.192. The van der Waals surface area contributed by atoms with E-state index < -0.39 is 6.63 Å². The monoisotopic (exact) mass is 386 g/mol. The van der Waals surface area contributed by atoms with Gasteiger partial charge in [-0.2, -0.15) is 0 Å². The molecule has 0 aliphatic heterocycles. The van der Waals surface area contributed by atoms with E-state index in [1.165, 1.54) is 16.7 Å². The van der Waals surface area contributed by atoms with Crippen LogP contribution in [0.25, 0.3) is 0 Å². The summed E-state index contributed by atoms with van der Waals surface area (Å²) in [6.07, 6.45) is 2.81. The SMILES string of the molecule is ClP(Cl)CCCC(c1ccccc1)(c1ccccc1)c1ccccc1. The van der Waals surface area contributed by atoms with Crippen LogP contribution in [0, 0.1) is 0 Å². The van der Waals surface area contributed by atoms with E-state index >= 15 is 0 Å². The lowest BCUT2D eigenvalue weighted by Gasteiger charge is -2.36.